The van der Waals surface area contributed by atoms with Gasteiger partial charge in [-0.25, -0.2) is 4.39 Å². The van der Waals surface area contributed by atoms with E-state index in [-0.39, 0.29) is 16.6 Å². The van der Waals surface area contributed by atoms with Crippen molar-refractivity contribution >= 4 is 0 Å². The van der Waals surface area contributed by atoms with Gasteiger partial charge in [0.1, 0.15) is 5.82 Å². The summed E-state index contributed by atoms with van der Waals surface area (Å²) in [7, 11) is 0. The molecular weight excluding hydrogens is 175 g/mol. The van der Waals surface area contributed by atoms with Crippen LogP contribution < -0.4 is 0 Å². The van der Waals surface area contributed by atoms with Crippen LogP contribution in [0, 0.1) is 11.2 Å². The van der Waals surface area contributed by atoms with Crippen molar-refractivity contribution in [1.29, 1.82) is 0 Å². The largest absolute Gasteiger partial charge is 0.207 e. The highest BCUT2D eigenvalue weighted by molar-refractivity contribution is 5.34. The van der Waals surface area contributed by atoms with E-state index < -0.39 is 0 Å². The molecule has 0 bridgehead atoms. The molecule has 1 aliphatic carbocycles. The van der Waals surface area contributed by atoms with Crippen LogP contribution in [0.25, 0.3) is 0 Å². The predicted molar refractivity (Wildman–Crippen MR) is 56.8 cm³/mol. The van der Waals surface area contributed by atoms with Crippen LogP contribution in [-0.4, -0.2) is 0 Å². The van der Waals surface area contributed by atoms with Crippen molar-refractivity contribution in [3.63, 3.8) is 0 Å². The molecule has 0 amide bonds. The monoisotopic (exact) mass is 192 g/mol. The van der Waals surface area contributed by atoms with Crippen LogP contribution in [-0.2, 0) is 5.41 Å². The average molecular weight is 192 g/mol. The SMILES string of the molecule is CC(C)(C)C1(c2cccc(F)c2)CC1. The number of hydrogen-bond acceptors (Lipinski definition) is 0. The van der Waals surface area contributed by atoms with Crippen molar-refractivity contribution in [1.82, 2.24) is 0 Å². The number of hydrogen-bond donors (Lipinski definition) is 0. The molecule has 0 N–H and O–H groups in total. The summed E-state index contributed by atoms with van der Waals surface area (Å²) in [5, 5.41) is 0. The molecule has 1 aliphatic rings. The lowest BCUT2D eigenvalue weighted by Crippen LogP contribution is -2.26. The average Bonchev–Trinajstić information content (AvgIpc) is 2.82. The maximum Gasteiger partial charge on any atom is 0.123 e. The number of rotatable bonds is 1. The molecule has 76 valence electrons. The normalized spacial score (nSPS) is 19.4. The highest BCUT2D eigenvalue weighted by Gasteiger charge is 2.52. The summed E-state index contributed by atoms with van der Waals surface area (Å²) in [4.78, 5) is 0. The Hall–Kier alpha value is -0.850. The second kappa shape index (κ2) is 2.82. The van der Waals surface area contributed by atoms with E-state index in [1.165, 1.54) is 24.5 Å². The quantitative estimate of drug-likeness (QED) is 0.633. The Morgan fingerprint density at radius 1 is 1.21 bits per heavy atom. The Morgan fingerprint density at radius 3 is 2.29 bits per heavy atom. The molecule has 0 heterocycles. The van der Waals surface area contributed by atoms with Crippen LogP contribution in [0.5, 0.6) is 0 Å². The van der Waals surface area contributed by atoms with Crippen molar-refractivity contribution in [2.24, 2.45) is 5.41 Å². The third-order valence-electron chi connectivity index (χ3n) is 3.56. The van der Waals surface area contributed by atoms with Crippen molar-refractivity contribution in [3.05, 3.63) is 35.6 Å². The van der Waals surface area contributed by atoms with Gasteiger partial charge in [0.2, 0.25) is 0 Å². The predicted octanol–water partition coefficient (Wildman–Crippen LogP) is 3.90. The Labute approximate surface area is 85.1 Å². The number of benzene rings is 1. The first-order chi connectivity index (χ1) is 6.46. The summed E-state index contributed by atoms with van der Waals surface area (Å²) in [6.07, 6.45) is 2.39. The fourth-order valence-electron chi connectivity index (χ4n) is 2.38. The molecule has 0 saturated heterocycles. The molecule has 1 aromatic rings. The van der Waals surface area contributed by atoms with Gasteiger partial charge in [0.15, 0.2) is 0 Å². The summed E-state index contributed by atoms with van der Waals surface area (Å²) in [6.45, 7) is 6.72. The van der Waals surface area contributed by atoms with E-state index in [2.05, 4.69) is 26.8 Å². The van der Waals surface area contributed by atoms with Crippen LogP contribution in [0.3, 0.4) is 0 Å². The third-order valence-corrected chi connectivity index (χ3v) is 3.56. The van der Waals surface area contributed by atoms with Crippen molar-refractivity contribution in [2.75, 3.05) is 0 Å². The molecule has 1 saturated carbocycles. The summed E-state index contributed by atoms with van der Waals surface area (Å²) in [6, 6.07) is 7.08. The number of halogens is 1. The van der Waals surface area contributed by atoms with Gasteiger partial charge in [-0.3, -0.25) is 0 Å². The lowest BCUT2D eigenvalue weighted by Gasteiger charge is -2.31. The molecule has 0 aliphatic heterocycles. The van der Waals surface area contributed by atoms with Crippen LogP contribution in [0.4, 0.5) is 4.39 Å². The fraction of sp³-hybridized carbons (Fsp3) is 0.538. The van der Waals surface area contributed by atoms with Crippen LogP contribution in [0.1, 0.15) is 39.2 Å². The topological polar surface area (TPSA) is 0 Å². The molecule has 0 aromatic heterocycles. The molecule has 14 heavy (non-hydrogen) atoms. The summed E-state index contributed by atoms with van der Waals surface area (Å²) in [5.74, 6) is -0.113. The van der Waals surface area contributed by atoms with Gasteiger partial charge in [0, 0.05) is 5.41 Å². The standard InChI is InChI=1S/C13H17F/c1-12(2,3)13(7-8-13)10-5-4-6-11(14)9-10/h4-6,9H,7-8H2,1-3H3. The molecular formula is C13H17F. The van der Waals surface area contributed by atoms with Gasteiger partial charge in [-0.15, -0.1) is 0 Å². The second-order valence-corrected chi connectivity index (χ2v) is 5.34. The first-order valence-corrected chi connectivity index (χ1v) is 5.22. The minimum atomic E-state index is -0.113. The van der Waals surface area contributed by atoms with Gasteiger partial charge in [-0.05, 0) is 36.0 Å². The molecule has 0 spiro atoms. The maximum absolute atomic E-state index is 13.1. The Morgan fingerprint density at radius 2 is 1.86 bits per heavy atom. The second-order valence-electron chi connectivity index (χ2n) is 5.34. The molecule has 1 heteroatoms. The zero-order chi connectivity index (χ0) is 10.4. The van der Waals surface area contributed by atoms with Crippen molar-refractivity contribution in [3.8, 4) is 0 Å². The van der Waals surface area contributed by atoms with E-state index in [4.69, 9.17) is 0 Å². The minimum Gasteiger partial charge on any atom is -0.207 e. The molecule has 0 atom stereocenters. The molecule has 0 unspecified atom stereocenters. The molecule has 1 aromatic carbocycles. The lowest BCUT2D eigenvalue weighted by molar-refractivity contribution is 0.298. The van der Waals surface area contributed by atoms with Crippen molar-refractivity contribution in [2.45, 2.75) is 39.0 Å². The smallest absolute Gasteiger partial charge is 0.123 e. The lowest BCUT2D eigenvalue weighted by atomic mass is 9.73. The first-order valence-electron chi connectivity index (χ1n) is 5.22. The van der Waals surface area contributed by atoms with E-state index in [0.717, 1.165) is 0 Å². The highest BCUT2D eigenvalue weighted by atomic mass is 19.1. The zero-order valence-corrected chi connectivity index (χ0v) is 9.10. The molecule has 0 nitrogen and oxygen atoms in total. The van der Waals surface area contributed by atoms with Crippen LogP contribution in [0.2, 0.25) is 0 Å². The molecule has 1 fully saturated rings. The molecule has 0 radical (unpaired) electrons. The van der Waals surface area contributed by atoms with Crippen molar-refractivity contribution < 1.29 is 4.39 Å². The first kappa shape index (κ1) is 9.70. The van der Waals surface area contributed by atoms with E-state index in [1.54, 1.807) is 6.07 Å². The molecule has 2 rings (SSSR count). The Bertz CT molecular complexity index is 342. The fourth-order valence-corrected chi connectivity index (χ4v) is 2.38. The van der Waals surface area contributed by atoms with E-state index in [1.807, 2.05) is 6.07 Å². The van der Waals surface area contributed by atoms with E-state index >= 15 is 0 Å². The summed E-state index contributed by atoms with van der Waals surface area (Å²) in [5.41, 5.74) is 1.64. The summed E-state index contributed by atoms with van der Waals surface area (Å²) < 4.78 is 13.1. The Kier molecular flexibility index (Phi) is 1.95. The summed E-state index contributed by atoms with van der Waals surface area (Å²) >= 11 is 0. The van der Waals surface area contributed by atoms with Gasteiger partial charge in [0.05, 0.1) is 0 Å². The minimum absolute atomic E-state index is 0.113. The van der Waals surface area contributed by atoms with Gasteiger partial charge < -0.3 is 0 Å². The van der Waals surface area contributed by atoms with Crippen LogP contribution in [0.15, 0.2) is 24.3 Å². The highest BCUT2D eigenvalue weighted by Crippen LogP contribution is 2.59. The van der Waals surface area contributed by atoms with Gasteiger partial charge in [-0.2, -0.15) is 0 Å². The van der Waals surface area contributed by atoms with Gasteiger partial charge in [0.25, 0.3) is 0 Å². The van der Waals surface area contributed by atoms with E-state index in [0.29, 0.717) is 0 Å². The van der Waals surface area contributed by atoms with Gasteiger partial charge in [-0.1, -0.05) is 32.9 Å². The van der Waals surface area contributed by atoms with E-state index in [9.17, 15) is 4.39 Å². The van der Waals surface area contributed by atoms with Crippen LogP contribution >= 0.6 is 0 Å². The van der Waals surface area contributed by atoms with Gasteiger partial charge >= 0.3 is 0 Å². The maximum atomic E-state index is 13.1. The third kappa shape index (κ3) is 1.35. The zero-order valence-electron chi connectivity index (χ0n) is 9.10. The Balaban J connectivity index is 2.41.